The number of furan rings is 1. The molecule has 0 fully saturated rings. The van der Waals surface area contributed by atoms with Crippen molar-refractivity contribution in [3.05, 3.63) is 317 Å². The van der Waals surface area contributed by atoms with Gasteiger partial charge in [-0.2, -0.15) is 0 Å². The molecule has 0 amide bonds. The van der Waals surface area contributed by atoms with Crippen molar-refractivity contribution in [1.29, 1.82) is 0 Å². The predicted octanol–water partition coefficient (Wildman–Crippen LogP) is 22.4. The summed E-state index contributed by atoms with van der Waals surface area (Å²) in [7, 11) is 0. The van der Waals surface area contributed by atoms with Crippen LogP contribution in [0.25, 0.3) is 122 Å². The number of hydrogen-bond donors (Lipinski definition) is 0. The lowest BCUT2D eigenvalue weighted by Crippen LogP contribution is -2.19. The average molecular weight is 1080 g/mol. The fourth-order valence-corrected chi connectivity index (χ4v) is 15.0. The molecule has 0 saturated heterocycles. The summed E-state index contributed by atoms with van der Waals surface area (Å²) < 4.78 is 6.73. The molecule has 17 rings (SSSR count). The predicted molar refractivity (Wildman–Crippen MR) is 355 cm³/mol. The van der Waals surface area contributed by atoms with Gasteiger partial charge in [-0.05, 0) is 172 Å². The third-order valence-electron chi connectivity index (χ3n) is 18.7. The van der Waals surface area contributed by atoms with E-state index in [4.69, 9.17) is 4.42 Å². The normalized spacial score (nSPS) is 12.4. The van der Waals surface area contributed by atoms with Crippen molar-refractivity contribution in [1.82, 2.24) is 0 Å². The molecular formula is C83H57NO. The smallest absolute Gasteiger partial charge is 0.136 e. The highest BCUT2D eigenvalue weighted by Gasteiger charge is 2.40. The van der Waals surface area contributed by atoms with E-state index in [1.165, 1.54) is 139 Å². The van der Waals surface area contributed by atoms with E-state index in [0.717, 1.165) is 63.6 Å². The highest BCUT2D eigenvalue weighted by molar-refractivity contribution is 6.19. The first-order valence-corrected chi connectivity index (χ1v) is 29.9. The van der Waals surface area contributed by atoms with E-state index >= 15 is 0 Å². The monoisotopic (exact) mass is 1080 g/mol. The molecule has 0 saturated carbocycles. The van der Waals surface area contributed by atoms with Gasteiger partial charge in [-0.15, -0.1) is 0 Å². The largest absolute Gasteiger partial charge is 0.456 e. The first-order chi connectivity index (χ1) is 42.1. The fourth-order valence-electron chi connectivity index (χ4n) is 15.0. The van der Waals surface area contributed by atoms with Crippen molar-refractivity contribution < 1.29 is 4.42 Å². The second kappa shape index (κ2) is 19.5. The van der Waals surface area contributed by atoms with Gasteiger partial charge in [0.1, 0.15) is 11.2 Å². The van der Waals surface area contributed by atoms with Crippen molar-refractivity contribution in [2.24, 2.45) is 0 Å². The first-order valence-electron chi connectivity index (χ1n) is 29.9. The Balaban J connectivity index is 1.11. The van der Waals surface area contributed by atoms with Crippen molar-refractivity contribution in [2.45, 2.75) is 33.1 Å². The molecule has 1 aromatic heterocycles. The zero-order valence-electron chi connectivity index (χ0n) is 47.5. The Morgan fingerprint density at radius 1 is 0.294 bits per heavy atom. The van der Waals surface area contributed by atoms with Gasteiger partial charge in [-0.25, -0.2) is 0 Å². The minimum absolute atomic E-state index is 0.734. The summed E-state index contributed by atoms with van der Waals surface area (Å²) >= 11 is 0. The van der Waals surface area contributed by atoms with Crippen LogP contribution in [0, 0.1) is 13.8 Å². The van der Waals surface area contributed by atoms with Crippen LogP contribution >= 0.6 is 0 Å². The number of rotatable bonds is 9. The number of anilines is 3. The quantitative estimate of drug-likeness (QED) is 0.143. The molecule has 400 valence electrons. The van der Waals surface area contributed by atoms with Crippen LogP contribution in [0.2, 0.25) is 0 Å². The van der Waals surface area contributed by atoms with E-state index in [-0.39, 0.29) is 0 Å². The minimum Gasteiger partial charge on any atom is -0.456 e. The SMILES string of the molecule is Cc1cc2c(c(N(c3ccccc3-c3cccc4oc5ccccc5c34)c3c4c(c(-c5c6c(cc(-c7ccccc7)c5-c5ccccc5)-c5ccccc5C6)c(-c5ccccc5)c3-c3ccccc3)-c3ccccc3C4)c1C)Cc1ccccc1-2. The summed E-state index contributed by atoms with van der Waals surface area (Å²) in [5.41, 5.74) is 38.1. The fraction of sp³-hybridized carbons (Fsp3) is 0.0602. The van der Waals surface area contributed by atoms with Crippen LogP contribution in [-0.4, -0.2) is 0 Å². The Hall–Kier alpha value is -10.5. The van der Waals surface area contributed by atoms with Crippen molar-refractivity contribution in [3.8, 4) is 100 Å². The summed E-state index contributed by atoms with van der Waals surface area (Å²) in [4.78, 5) is 2.77. The Kier molecular flexibility index (Phi) is 11.3. The Labute approximate surface area is 496 Å². The maximum absolute atomic E-state index is 6.73. The molecule has 0 N–H and O–H groups in total. The van der Waals surface area contributed by atoms with E-state index in [1.54, 1.807) is 0 Å². The molecule has 0 unspecified atom stereocenters. The van der Waals surface area contributed by atoms with Crippen LogP contribution in [0.15, 0.2) is 277 Å². The van der Waals surface area contributed by atoms with E-state index < -0.39 is 0 Å². The lowest BCUT2D eigenvalue weighted by molar-refractivity contribution is 0.669. The van der Waals surface area contributed by atoms with Gasteiger partial charge in [0.15, 0.2) is 0 Å². The third-order valence-corrected chi connectivity index (χ3v) is 18.7. The van der Waals surface area contributed by atoms with Crippen LogP contribution in [0.1, 0.15) is 44.5 Å². The molecule has 2 nitrogen and oxygen atoms in total. The van der Waals surface area contributed by atoms with Crippen LogP contribution in [0.5, 0.6) is 0 Å². The molecule has 2 heteroatoms. The molecular weight excluding hydrogens is 1030 g/mol. The molecule has 0 aliphatic heterocycles. The van der Waals surface area contributed by atoms with E-state index in [9.17, 15) is 0 Å². The molecule has 1 heterocycles. The summed E-state index contributed by atoms with van der Waals surface area (Å²) in [6.45, 7) is 4.70. The minimum atomic E-state index is 0.734. The van der Waals surface area contributed by atoms with Gasteiger partial charge in [-0.3, -0.25) is 0 Å². The number of para-hydroxylation sites is 2. The molecule has 14 aromatic rings. The Bertz CT molecular complexity index is 5030. The topological polar surface area (TPSA) is 16.4 Å². The Morgan fingerprint density at radius 2 is 0.776 bits per heavy atom. The van der Waals surface area contributed by atoms with Gasteiger partial charge in [-0.1, -0.05) is 249 Å². The molecule has 0 atom stereocenters. The van der Waals surface area contributed by atoms with Crippen LogP contribution in [0.3, 0.4) is 0 Å². The van der Waals surface area contributed by atoms with Crippen molar-refractivity contribution in [2.75, 3.05) is 4.90 Å². The van der Waals surface area contributed by atoms with Crippen LogP contribution in [-0.2, 0) is 19.3 Å². The molecule has 3 aliphatic rings. The lowest BCUT2D eigenvalue weighted by atomic mass is 9.75. The van der Waals surface area contributed by atoms with E-state index in [1.807, 2.05) is 0 Å². The van der Waals surface area contributed by atoms with Crippen LogP contribution < -0.4 is 4.90 Å². The number of hydrogen-bond acceptors (Lipinski definition) is 2. The molecule has 0 bridgehead atoms. The van der Waals surface area contributed by atoms with Gasteiger partial charge in [0, 0.05) is 40.3 Å². The summed E-state index contributed by atoms with van der Waals surface area (Å²) in [6.07, 6.45) is 2.36. The highest BCUT2D eigenvalue weighted by atomic mass is 16.3. The Morgan fingerprint density at radius 3 is 1.45 bits per heavy atom. The second-order valence-electron chi connectivity index (χ2n) is 23.3. The number of benzene rings is 13. The van der Waals surface area contributed by atoms with Gasteiger partial charge in [0.2, 0.25) is 0 Å². The van der Waals surface area contributed by atoms with E-state index in [2.05, 4.69) is 292 Å². The molecule has 13 aromatic carbocycles. The third kappa shape index (κ3) is 7.58. The standard InChI is InChI=1S/C83H57NO/c1-51-46-67-60-37-18-16-35-58(60)48-70(67)82(52(51)2)84(72-43-23-21-40-63(72)64-42-25-45-74-78(64)65-41-22-24-44-73(65)85-74)83-71-49-59-36-17-20-39-62(59)79(71)81(76(55-30-11-5-12-31-55)77(83)56-32-13-6-14-33-56)80-69-47-57-34-15-19-38-61(57)68(69)50-66(53-26-7-3-8-27-53)75(80)54-28-9-4-10-29-54/h3-46,50H,47-49H2,1-2H3. The molecule has 0 radical (unpaired) electrons. The first kappa shape index (κ1) is 49.1. The van der Waals surface area contributed by atoms with Crippen LogP contribution in [0.4, 0.5) is 17.1 Å². The van der Waals surface area contributed by atoms with Gasteiger partial charge < -0.3 is 9.32 Å². The summed E-state index contributed by atoms with van der Waals surface area (Å²) in [6, 6.07) is 102. The number of fused-ring (bicyclic) bond motifs is 12. The molecule has 3 aliphatic carbocycles. The maximum Gasteiger partial charge on any atom is 0.136 e. The average Bonchev–Trinajstić information content (AvgIpc) is 1.76. The molecule has 0 spiro atoms. The van der Waals surface area contributed by atoms with Gasteiger partial charge >= 0.3 is 0 Å². The zero-order chi connectivity index (χ0) is 56.3. The second-order valence-corrected chi connectivity index (χ2v) is 23.3. The van der Waals surface area contributed by atoms with Gasteiger partial charge in [0.05, 0.1) is 17.1 Å². The summed E-state index contributed by atoms with van der Waals surface area (Å²) in [5, 5.41) is 2.23. The number of aryl methyl sites for hydroxylation is 1. The lowest BCUT2D eigenvalue weighted by Gasteiger charge is -2.37. The van der Waals surface area contributed by atoms with E-state index in [0.29, 0.717) is 0 Å². The molecule has 85 heavy (non-hydrogen) atoms. The van der Waals surface area contributed by atoms with Crippen molar-refractivity contribution >= 4 is 39.0 Å². The maximum atomic E-state index is 6.73. The summed E-state index contributed by atoms with van der Waals surface area (Å²) in [5.74, 6) is 0. The number of nitrogens with zero attached hydrogens (tertiary/aromatic N) is 1. The highest BCUT2D eigenvalue weighted by Crippen LogP contribution is 2.64. The van der Waals surface area contributed by atoms with Crippen molar-refractivity contribution in [3.63, 3.8) is 0 Å². The zero-order valence-corrected chi connectivity index (χ0v) is 47.5. The van der Waals surface area contributed by atoms with Gasteiger partial charge in [0.25, 0.3) is 0 Å².